The molecular weight excluding hydrogens is 465 g/mol. The van der Waals surface area contributed by atoms with Crippen molar-refractivity contribution in [2.24, 2.45) is 4.99 Å². The van der Waals surface area contributed by atoms with Gasteiger partial charge in [-0.2, -0.15) is 11.3 Å². The molecule has 0 amide bonds. The average Bonchev–Trinajstić information content (AvgIpc) is 3.26. The van der Waals surface area contributed by atoms with E-state index in [-0.39, 0.29) is 24.0 Å². The van der Waals surface area contributed by atoms with E-state index in [9.17, 15) is 5.11 Å². The lowest BCUT2D eigenvalue weighted by atomic mass is 10.2. The van der Waals surface area contributed by atoms with Gasteiger partial charge in [-0.3, -0.25) is 4.99 Å². The zero-order valence-corrected chi connectivity index (χ0v) is 17.9. The number of hydrogen-bond acceptors (Lipinski definition) is 4. The molecule has 2 heterocycles. The monoisotopic (exact) mass is 487 g/mol. The Morgan fingerprint density at radius 1 is 1.24 bits per heavy atom. The van der Waals surface area contributed by atoms with Gasteiger partial charge in [-0.05, 0) is 46.3 Å². The smallest absolute Gasteiger partial charge is 0.191 e. The second-order valence-electron chi connectivity index (χ2n) is 5.46. The van der Waals surface area contributed by atoms with Gasteiger partial charge in [-0.25, -0.2) is 0 Å². The molecule has 3 rings (SSSR count). The third-order valence-electron chi connectivity index (χ3n) is 3.75. The molecule has 1 atom stereocenters. The fraction of sp³-hybridized carbons (Fsp3) is 0.278. The fourth-order valence-electron chi connectivity index (χ4n) is 2.44. The van der Waals surface area contributed by atoms with Crippen molar-refractivity contribution >= 4 is 62.7 Å². The number of nitrogens with zero attached hydrogens (tertiary/aromatic N) is 1. The second kappa shape index (κ2) is 10.1. The molecule has 3 N–H and O–H groups in total. The van der Waals surface area contributed by atoms with Crippen molar-refractivity contribution < 1.29 is 5.11 Å². The van der Waals surface area contributed by atoms with Crippen molar-refractivity contribution in [3.8, 4) is 0 Å². The number of guanidine groups is 1. The summed E-state index contributed by atoms with van der Waals surface area (Å²) < 4.78 is 1.20. The van der Waals surface area contributed by atoms with E-state index in [4.69, 9.17) is 0 Å². The molecule has 134 valence electrons. The van der Waals surface area contributed by atoms with Crippen molar-refractivity contribution in [3.63, 3.8) is 0 Å². The quantitative estimate of drug-likeness (QED) is 0.280. The first-order chi connectivity index (χ1) is 11.8. The minimum Gasteiger partial charge on any atom is -0.386 e. The number of rotatable bonds is 6. The van der Waals surface area contributed by atoms with Crippen molar-refractivity contribution in [3.05, 3.63) is 57.6 Å². The zero-order chi connectivity index (χ0) is 16.8. The Morgan fingerprint density at radius 2 is 2.08 bits per heavy atom. The van der Waals surface area contributed by atoms with Gasteiger partial charge in [-0.1, -0.05) is 18.2 Å². The van der Waals surface area contributed by atoms with Gasteiger partial charge in [0.2, 0.25) is 0 Å². The maximum atomic E-state index is 10.4. The highest BCUT2D eigenvalue weighted by Crippen LogP contribution is 2.29. The largest absolute Gasteiger partial charge is 0.386 e. The number of benzene rings is 1. The Morgan fingerprint density at radius 3 is 2.80 bits per heavy atom. The zero-order valence-electron chi connectivity index (χ0n) is 13.9. The van der Waals surface area contributed by atoms with E-state index in [1.54, 1.807) is 29.7 Å². The van der Waals surface area contributed by atoms with Gasteiger partial charge in [0.1, 0.15) is 6.10 Å². The van der Waals surface area contributed by atoms with Gasteiger partial charge in [0, 0.05) is 29.7 Å². The second-order valence-corrected chi connectivity index (χ2v) is 7.36. The van der Waals surface area contributed by atoms with Crippen molar-refractivity contribution in [2.75, 3.05) is 20.1 Å². The van der Waals surface area contributed by atoms with Crippen LogP contribution in [0.2, 0.25) is 0 Å². The Labute approximate surface area is 173 Å². The summed E-state index contributed by atoms with van der Waals surface area (Å²) in [6, 6.07) is 12.4. The molecule has 0 bridgehead atoms. The molecule has 7 heteroatoms. The molecule has 4 nitrogen and oxygen atoms in total. The molecule has 0 fully saturated rings. The lowest BCUT2D eigenvalue weighted by Crippen LogP contribution is -2.40. The predicted molar refractivity (Wildman–Crippen MR) is 120 cm³/mol. The molecule has 0 saturated carbocycles. The normalized spacial score (nSPS) is 12.6. The summed E-state index contributed by atoms with van der Waals surface area (Å²) in [4.78, 5) is 5.17. The number of hydrogen-bond donors (Lipinski definition) is 3. The summed E-state index contributed by atoms with van der Waals surface area (Å²) in [5.41, 5.74) is 1.33. The van der Waals surface area contributed by atoms with Crippen LogP contribution in [-0.2, 0) is 6.42 Å². The number of aliphatic imine (C=N–C) groups is 1. The number of fused-ring (bicyclic) bond motifs is 1. The van der Waals surface area contributed by atoms with Crippen LogP contribution in [0, 0.1) is 0 Å². The van der Waals surface area contributed by atoms with Crippen LogP contribution in [0.25, 0.3) is 10.1 Å². The van der Waals surface area contributed by atoms with E-state index >= 15 is 0 Å². The SMILES string of the molecule is CN=C(NCCc1ccsc1)NCC(O)c1cc2ccccc2s1.I. The highest BCUT2D eigenvalue weighted by Gasteiger charge is 2.12. The molecule has 1 aromatic carbocycles. The van der Waals surface area contributed by atoms with Gasteiger partial charge in [0.15, 0.2) is 5.96 Å². The highest BCUT2D eigenvalue weighted by molar-refractivity contribution is 14.0. The maximum absolute atomic E-state index is 10.4. The number of thiophene rings is 2. The molecule has 0 spiro atoms. The van der Waals surface area contributed by atoms with Gasteiger partial charge in [0.05, 0.1) is 0 Å². The average molecular weight is 487 g/mol. The highest BCUT2D eigenvalue weighted by atomic mass is 127. The first-order valence-corrected chi connectivity index (χ1v) is 9.64. The maximum Gasteiger partial charge on any atom is 0.191 e. The van der Waals surface area contributed by atoms with Crippen molar-refractivity contribution in [2.45, 2.75) is 12.5 Å². The standard InChI is InChI=1S/C18H21N3OS2.HI/c1-19-18(20-8-6-13-7-9-23-12-13)21-11-15(22)17-10-14-4-2-3-5-16(14)24-17;/h2-5,7,9-10,12,15,22H,6,8,11H2,1H3,(H2,19,20,21);1H. The minimum absolute atomic E-state index is 0. The third-order valence-corrected chi connectivity index (χ3v) is 5.70. The Balaban J connectivity index is 0.00000225. The molecule has 0 aliphatic rings. The molecule has 0 aliphatic carbocycles. The molecular formula is C18H22IN3OS2. The van der Waals surface area contributed by atoms with Crippen LogP contribution in [0.5, 0.6) is 0 Å². The lowest BCUT2D eigenvalue weighted by molar-refractivity contribution is 0.184. The van der Waals surface area contributed by atoms with Crippen LogP contribution in [0.15, 0.2) is 52.2 Å². The van der Waals surface area contributed by atoms with Crippen LogP contribution in [-0.4, -0.2) is 31.2 Å². The number of halogens is 1. The summed E-state index contributed by atoms with van der Waals surface area (Å²) in [6.07, 6.45) is 0.418. The van der Waals surface area contributed by atoms with Gasteiger partial charge < -0.3 is 15.7 Å². The van der Waals surface area contributed by atoms with Crippen LogP contribution >= 0.6 is 46.7 Å². The van der Waals surface area contributed by atoms with E-state index < -0.39 is 6.10 Å². The number of aliphatic hydroxyl groups is 1. The van der Waals surface area contributed by atoms with Crippen LogP contribution in [0.1, 0.15) is 16.5 Å². The predicted octanol–water partition coefficient (Wildman–Crippen LogP) is 4.02. The van der Waals surface area contributed by atoms with Crippen molar-refractivity contribution in [1.82, 2.24) is 10.6 Å². The molecule has 2 aromatic heterocycles. The number of aliphatic hydroxyl groups excluding tert-OH is 1. The summed E-state index contributed by atoms with van der Waals surface area (Å²) in [5.74, 6) is 0.713. The topological polar surface area (TPSA) is 56.7 Å². The molecule has 25 heavy (non-hydrogen) atoms. The summed E-state index contributed by atoms with van der Waals surface area (Å²) >= 11 is 3.34. The Kier molecular flexibility index (Phi) is 8.14. The van der Waals surface area contributed by atoms with E-state index in [0.717, 1.165) is 17.8 Å². The van der Waals surface area contributed by atoms with E-state index in [1.807, 2.05) is 12.1 Å². The minimum atomic E-state index is -0.544. The van der Waals surface area contributed by atoms with Gasteiger partial charge >= 0.3 is 0 Å². The number of nitrogens with one attached hydrogen (secondary N) is 2. The summed E-state index contributed by atoms with van der Waals surface area (Å²) in [7, 11) is 1.74. The first-order valence-electron chi connectivity index (χ1n) is 7.88. The Bertz CT molecular complexity index is 769. The van der Waals surface area contributed by atoms with E-state index in [0.29, 0.717) is 12.5 Å². The van der Waals surface area contributed by atoms with Gasteiger partial charge in [-0.15, -0.1) is 35.3 Å². The van der Waals surface area contributed by atoms with Gasteiger partial charge in [0.25, 0.3) is 0 Å². The first kappa shape index (κ1) is 20.2. The molecule has 0 radical (unpaired) electrons. The van der Waals surface area contributed by atoms with Crippen LogP contribution in [0.3, 0.4) is 0 Å². The molecule has 0 saturated heterocycles. The third kappa shape index (κ3) is 5.67. The summed E-state index contributed by atoms with van der Waals surface area (Å²) in [6.45, 7) is 1.25. The fourth-order valence-corrected chi connectivity index (χ4v) is 4.20. The van der Waals surface area contributed by atoms with Crippen LogP contribution < -0.4 is 10.6 Å². The molecule has 3 aromatic rings. The van der Waals surface area contributed by atoms with E-state index in [1.165, 1.54) is 15.6 Å². The van der Waals surface area contributed by atoms with Crippen molar-refractivity contribution in [1.29, 1.82) is 0 Å². The van der Waals surface area contributed by atoms with Crippen LogP contribution in [0.4, 0.5) is 0 Å². The lowest BCUT2D eigenvalue weighted by Gasteiger charge is -2.14. The summed E-state index contributed by atoms with van der Waals surface area (Å²) in [5, 5.41) is 22.3. The molecule has 1 unspecified atom stereocenters. The van der Waals surface area contributed by atoms with E-state index in [2.05, 4.69) is 50.7 Å². The Hall–Kier alpha value is -1.16. The molecule has 0 aliphatic heterocycles.